The van der Waals surface area contributed by atoms with Gasteiger partial charge in [0.2, 0.25) is 11.9 Å². The molecule has 0 aromatic carbocycles. The van der Waals surface area contributed by atoms with Gasteiger partial charge < -0.3 is 24.8 Å². The summed E-state index contributed by atoms with van der Waals surface area (Å²) in [6, 6.07) is -0.975. The SMILES string of the molecule is CCC(CC)C(NC(C)=O)C1CC(C(=O)O)CN1/C(=N/C(=O)OC(C)(C)C)NC(=O)OC(C)(C)C. The Labute approximate surface area is 208 Å². The van der Waals surface area contributed by atoms with Gasteiger partial charge in [0.15, 0.2) is 0 Å². The lowest BCUT2D eigenvalue weighted by atomic mass is 9.86. The van der Waals surface area contributed by atoms with Crippen LogP contribution in [0.4, 0.5) is 9.59 Å². The molecular weight excluding hydrogens is 456 g/mol. The molecule has 0 bridgehead atoms. The van der Waals surface area contributed by atoms with Crippen LogP contribution in [0.25, 0.3) is 0 Å². The van der Waals surface area contributed by atoms with E-state index in [2.05, 4.69) is 15.6 Å². The smallest absolute Gasteiger partial charge is 0.437 e. The molecule has 0 spiro atoms. The number of likely N-dealkylation sites (tertiary alicyclic amines) is 1. The highest BCUT2D eigenvalue weighted by Crippen LogP contribution is 2.31. The molecule has 1 heterocycles. The van der Waals surface area contributed by atoms with Crippen molar-refractivity contribution in [2.75, 3.05) is 6.54 Å². The van der Waals surface area contributed by atoms with E-state index in [9.17, 15) is 24.3 Å². The number of guanidine groups is 1. The second kappa shape index (κ2) is 12.2. The Morgan fingerprint density at radius 2 is 1.57 bits per heavy atom. The number of hydrogen-bond donors (Lipinski definition) is 3. The van der Waals surface area contributed by atoms with Gasteiger partial charge in [-0.3, -0.25) is 14.9 Å². The highest BCUT2D eigenvalue weighted by atomic mass is 16.6. The number of rotatable bonds is 6. The van der Waals surface area contributed by atoms with Crippen molar-refractivity contribution in [3.8, 4) is 0 Å². The minimum absolute atomic E-state index is 0.0202. The van der Waals surface area contributed by atoms with Gasteiger partial charge in [-0.1, -0.05) is 26.7 Å². The number of carboxylic acids is 1. The molecule has 35 heavy (non-hydrogen) atoms. The quantitative estimate of drug-likeness (QED) is 0.372. The van der Waals surface area contributed by atoms with Gasteiger partial charge in [0.1, 0.15) is 11.2 Å². The molecule has 1 fully saturated rings. The predicted molar refractivity (Wildman–Crippen MR) is 131 cm³/mol. The van der Waals surface area contributed by atoms with Crippen LogP contribution in [0.15, 0.2) is 4.99 Å². The van der Waals surface area contributed by atoms with Crippen LogP contribution in [-0.4, -0.2) is 69.9 Å². The van der Waals surface area contributed by atoms with Crippen LogP contribution < -0.4 is 10.6 Å². The molecule has 11 heteroatoms. The summed E-state index contributed by atoms with van der Waals surface area (Å²) in [6.45, 7) is 15.5. The van der Waals surface area contributed by atoms with E-state index in [0.29, 0.717) is 0 Å². The van der Waals surface area contributed by atoms with E-state index in [1.54, 1.807) is 46.4 Å². The fourth-order valence-corrected chi connectivity index (χ4v) is 4.12. The summed E-state index contributed by atoms with van der Waals surface area (Å²) in [6.07, 6.45) is -0.126. The Bertz CT molecular complexity index is 810. The average Bonchev–Trinajstić information content (AvgIpc) is 3.09. The van der Waals surface area contributed by atoms with E-state index < -0.39 is 47.4 Å². The zero-order valence-corrected chi connectivity index (χ0v) is 22.4. The van der Waals surface area contributed by atoms with Crippen molar-refractivity contribution in [1.82, 2.24) is 15.5 Å². The summed E-state index contributed by atoms with van der Waals surface area (Å²) in [5, 5.41) is 15.2. The summed E-state index contributed by atoms with van der Waals surface area (Å²) >= 11 is 0. The number of nitrogens with zero attached hydrogens (tertiary/aromatic N) is 2. The fraction of sp³-hybridized carbons (Fsp3) is 0.792. The number of nitrogens with one attached hydrogen (secondary N) is 2. The molecule has 11 nitrogen and oxygen atoms in total. The van der Waals surface area contributed by atoms with Crippen molar-refractivity contribution in [3.05, 3.63) is 0 Å². The number of aliphatic imine (C=N–C) groups is 1. The van der Waals surface area contributed by atoms with Gasteiger partial charge in [-0.2, -0.15) is 0 Å². The van der Waals surface area contributed by atoms with Crippen LogP contribution >= 0.6 is 0 Å². The van der Waals surface area contributed by atoms with Crippen LogP contribution in [0.3, 0.4) is 0 Å². The number of carbonyl (C=O) groups is 4. The molecule has 1 saturated heterocycles. The van der Waals surface area contributed by atoms with Crippen molar-refractivity contribution in [3.63, 3.8) is 0 Å². The molecule has 0 aliphatic carbocycles. The lowest BCUT2D eigenvalue weighted by molar-refractivity contribution is -0.141. The molecule has 0 aromatic heterocycles. The molecule has 1 rings (SSSR count). The van der Waals surface area contributed by atoms with Crippen LogP contribution in [0.1, 0.15) is 81.6 Å². The number of amides is 3. The first kappa shape index (κ1) is 30.2. The summed E-state index contributed by atoms with van der Waals surface area (Å²) in [5.41, 5.74) is -1.65. The second-order valence-electron chi connectivity index (χ2n) is 10.8. The molecule has 3 unspecified atom stereocenters. The Morgan fingerprint density at radius 1 is 1.03 bits per heavy atom. The lowest BCUT2D eigenvalue weighted by Crippen LogP contribution is -2.57. The van der Waals surface area contributed by atoms with Gasteiger partial charge in [0.05, 0.1) is 18.0 Å². The minimum Gasteiger partial charge on any atom is -0.481 e. The van der Waals surface area contributed by atoms with E-state index in [-0.39, 0.29) is 30.8 Å². The maximum atomic E-state index is 12.6. The summed E-state index contributed by atoms with van der Waals surface area (Å²) < 4.78 is 10.6. The third kappa shape index (κ3) is 10.1. The average molecular weight is 499 g/mol. The van der Waals surface area contributed by atoms with E-state index >= 15 is 0 Å². The topological polar surface area (TPSA) is 147 Å². The normalized spacial score (nSPS) is 19.8. The number of alkyl carbamates (subject to hydrolysis) is 1. The van der Waals surface area contributed by atoms with Gasteiger partial charge >= 0.3 is 18.2 Å². The van der Waals surface area contributed by atoms with Gasteiger partial charge in [-0.15, -0.1) is 4.99 Å². The zero-order chi connectivity index (χ0) is 27.1. The van der Waals surface area contributed by atoms with Crippen molar-refractivity contribution >= 4 is 30.0 Å². The highest BCUT2D eigenvalue weighted by molar-refractivity contribution is 5.99. The maximum absolute atomic E-state index is 12.6. The predicted octanol–water partition coefficient (Wildman–Crippen LogP) is 3.52. The zero-order valence-electron chi connectivity index (χ0n) is 22.4. The van der Waals surface area contributed by atoms with Crippen molar-refractivity contribution < 1.29 is 33.8 Å². The molecule has 1 aliphatic rings. The summed E-state index contributed by atoms with van der Waals surface area (Å²) in [7, 11) is 0. The molecule has 0 radical (unpaired) electrons. The van der Waals surface area contributed by atoms with Crippen LogP contribution in [0, 0.1) is 11.8 Å². The maximum Gasteiger partial charge on any atom is 0.437 e. The van der Waals surface area contributed by atoms with Crippen LogP contribution in [0.5, 0.6) is 0 Å². The number of hydrogen-bond acceptors (Lipinski definition) is 6. The van der Waals surface area contributed by atoms with Crippen molar-refractivity contribution in [2.24, 2.45) is 16.8 Å². The lowest BCUT2D eigenvalue weighted by Gasteiger charge is -2.37. The Morgan fingerprint density at radius 3 is 2.00 bits per heavy atom. The number of carboxylic acid groups (broad SMARTS) is 1. The molecule has 1 aliphatic heterocycles. The molecule has 0 aromatic rings. The number of aliphatic carboxylic acids is 1. The third-order valence-corrected chi connectivity index (χ3v) is 5.51. The summed E-state index contributed by atoms with van der Waals surface area (Å²) in [4.78, 5) is 54.8. The first-order chi connectivity index (χ1) is 16.0. The Hall–Kier alpha value is -2.85. The third-order valence-electron chi connectivity index (χ3n) is 5.51. The first-order valence-electron chi connectivity index (χ1n) is 12.1. The highest BCUT2D eigenvalue weighted by Gasteiger charge is 2.44. The minimum atomic E-state index is -1.02. The Balaban J connectivity index is 3.53. The Kier molecular flexibility index (Phi) is 10.5. The summed E-state index contributed by atoms with van der Waals surface area (Å²) in [5.74, 6) is -2.22. The molecular formula is C24H42N4O7. The molecule has 0 saturated carbocycles. The van der Waals surface area contributed by atoms with Crippen molar-refractivity contribution in [1.29, 1.82) is 0 Å². The molecule has 3 amide bonds. The van der Waals surface area contributed by atoms with E-state index in [4.69, 9.17) is 9.47 Å². The van der Waals surface area contributed by atoms with E-state index in [1.165, 1.54) is 6.92 Å². The van der Waals surface area contributed by atoms with Crippen LogP contribution in [0.2, 0.25) is 0 Å². The van der Waals surface area contributed by atoms with Gasteiger partial charge in [0, 0.05) is 13.5 Å². The molecule has 200 valence electrons. The van der Waals surface area contributed by atoms with Crippen molar-refractivity contribution in [2.45, 2.75) is 105 Å². The van der Waals surface area contributed by atoms with Gasteiger partial charge in [0.25, 0.3) is 0 Å². The first-order valence-corrected chi connectivity index (χ1v) is 12.1. The monoisotopic (exact) mass is 498 g/mol. The largest absolute Gasteiger partial charge is 0.481 e. The molecule has 3 N–H and O–H groups in total. The standard InChI is InChI=1S/C24H42N4O7/c1-10-15(11-2)18(25-14(3)29)17-12-16(19(30)31)13-28(17)20(26-21(32)34-23(4,5)6)27-22(33)35-24(7,8)9/h15-18H,10-13H2,1-9H3,(H,25,29)(H,30,31)(H,26,27,32,33). The number of carbonyl (C=O) groups excluding carboxylic acids is 3. The van der Waals surface area contributed by atoms with Gasteiger partial charge in [-0.05, 0) is 53.9 Å². The second-order valence-corrected chi connectivity index (χ2v) is 10.8. The van der Waals surface area contributed by atoms with E-state index in [0.717, 1.165) is 12.8 Å². The number of ether oxygens (including phenoxy) is 2. The fourth-order valence-electron chi connectivity index (χ4n) is 4.12. The van der Waals surface area contributed by atoms with Crippen LogP contribution in [-0.2, 0) is 19.1 Å². The van der Waals surface area contributed by atoms with E-state index in [1.807, 2.05) is 13.8 Å². The molecule has 3 atom stereocenters. The van der Waals surface area contributed by atoms with Gasteiger partial charge in [-0.25, -0.2) is 9.59 Å².